The van der Waals surface area contributed by atoms with Gasteiger partial charge in [-0.15, -0.1) is 0 Å². The Labute approximate surface area is 194 Å². The first-order valence-electron chi connectivity index (χ1n) is 11.7. The molecule has 1 atom stereocenters. The average Bonchev–Trinajstić information content (AvgIpc) is 2.86. The minimum Gasteiger partial charge on any atom is -0.485 e. The van der Waals surface area contributed by atoms with Crippen molar-refractivity contribution in [2.24, 2.45) is 5.92 Å². The highest BCUT2D eigenvalue weighted by atomic mass is 16.6. The van der Waals surface area contributed by atoms with E-state index in [1.807, 2.05) is 36.4 Å². The molecule has 1 saturated heterocycles. The van der Waals surface area contributed by atoms with E-state index >= 15 is 0 Å². The summed E-state index contributed by atoms with van der Waals surface area (Å²) in [6.45, 7) is 3.54. The highest BCUT2D eigenvalue weighted by Crippen LogP contribution is 2.36. The Hall–Kier alpha value is -3.31. The molecule has 0 spiro atoms. The summed E-state index contributed by atoms with van der Waals surface area (Å²) in [5.74, 6) is 1.31. The molecule has 0 saturated carbocycles. The van der Waals surface area contributed by atoms with Crippen LogP contribution in [-0.2, 0) is 13.0 Å². The summed E-state index contributed by atoms with van der Waals surface area (Å²) in [6, 6.07) is 23.9. The molecule has 0 amide bonds. The first-order chi connectivity index (χ1) is 16.2. The number of hydrogen-bond acceptors (Lipinski definition) is 4. The number of fused-ring (bicyclic) bond motifs is 1. The van der Waals surface area contributed by atoms with Crippen molar-refractivity contribution < 1.29 is 19.4 Å². The van der Waals surface area contributed by atoms with E-state index in [9.17, 15) is 9.90 Å². The summed E-state index contributed by atoms with van der Waals surface area (Å²) in [5.41, 5.74) is 3.82. The third-order valence-electron chi connectivity index (χ3n) is 6.73. The fraction of sp³-hybridized carbons (Fsp3) is 0.321. The van der Waals surface area contributed by atoms with Crippen LogP contribution in [0.4, 0.5) is 0 Å². The third-order valence-corrected chi connectivity index (χ3v) is 6.73. The Bertz CT molecular complexity index is 1100. The summed E-state index contributed by atoms with van der Waals surface area (Å²) >= 11 is 0. The van der Waals surface area contributed by atoms with Gasteiger partial charge in [-0.2, -0.15) is 0 Å². The summed E-state index contributed by atoms with van der Waals surface area (Å²) < 4.78 is 12.0. The van der Waals surface area contributed by atoms with Gasteiger partial charge in [0.25, 0.3) is 0 Å². The van der Waals surface area contributed by atoms with Crippen LogP contribution >= 0.6 is 0 Å². The van der Waals surface area contributed by atoms with Crippen LogP contribution < -0.4 is 9.47 Å². The Morgan fingerprint density at radius 3 is 2.36 bits per heavy atom. The standard InChI is InChI=1S/C28H29NO4/c30-28(31)24-6-2-1-5-23(24)17-20-13-15-29(16-14-20)18-21-9-11-22(12-10-21)27-19-32-25-7-3-4-8-26(25)33-27/h1-12,20,27H,13-19H2,(H,30,31)/t27-/m1/s1. The van der Waals surface area contributed by atoms with E-state index in [4.69, 9.17) is 9.47 Å². The Morgan fingerprint density at radius 1 is 0.909 bits per heavy atom. The van der Waals surface area contributed by atoms with Gasteiger partial charge in [0.15, 0.2) is 17.6 Å². The number of carboxylic acid groups (broad SMARTS) is 1. The third kappa shape index (κ3) is 5.04. The second-order valence-corrected chi connectivity index (χ2v) is 8.99. The number of nitrogens with zero attached hydrogens (tertiary/aromatic N) is 1. The second kappa shape index (κ2) is 9.67. The van der Waals surface area contributed by atoms with E-state index in [1.165, 1.54) is 5.56 Å². The van der Waals surface area contributed by atoms with Gasteiger partial charge in [-0.05, 0) is 73.2 Å². The number of hydrogen-bond donors (Lipinski definition) is 1. The van der Waals surface area contributed by atoms with Gasteiger partial charge in [-0.3, -0.25) is 4.90 Å². The van der Waals surface area contributed by atoms with Crippen molar-refractivity contribution in [3.63, 3.8) is 0 Å². The van der Waals surface area contributed by atoms with Crippen LogP contribution in [0.2, 0.25) is 0 Å². The van der Waals surface area contributed by atoms with Crippen LogP contribution in [0, 0.1) is 5.92 Å². The highest BCUT2D eigenvalue weighted by molar-refractivity contribution is 5.89. The second-order valence-electron chi connectivity index (χ2n) is 8.99. The lowest BCUT2D eigenvalue weighted by Gasteiger charge is -2.32. The molecule has 0 aromatic heterocycles. The maximum Gasteiger partial charge on any atom is 0.335 e. The predicted octanol–water partition coefficient (Wildman–Crippen LogP) is 5.35. The normalized spacial score (nSPS) is 18.7. The molecule has 5 heteroatoms. The van der Waals surface area contributed by atoms with Gasteiger partial charge >= 0.3 is 5.97 Å². The molecule has 3 aromatic carbocycles. The zero-order chi connectivity index (χ0) is 22.6. The maximum atomic E-state index is 11.5. The molecule has 0 aliphatic carbocycles. The predicted molar refractivity (Wildman–Crippen MR) is 127 cm³/mol. The summed E-state index contributed by atoms with van der Waals surface area (Å²) in [5, 5.41) is 9.42. The zero-order valence-electron chi connectivity index (χ0n) is 18.7. The van der Waals surface area contributed by atoms with E-state index in [0.29, 0.717) is 18.1 Å². The molecule has 0 radical (unpaired) electrons. The number of likely N-dealkylation sites (tertiary alicyclic amines) is 1. The minimum absolute atomic E-state index is 0.0848. The van der Waals surface area contributed by atoms with Crippen molar-refractivity contribution in [3.05, 3.63) is 95.1 Å². The lowest BCUT2D eigenvalue weighted by Crippen LogP contribution is -2.34. The van der Waals surface area contributed by atoms with Crippen LogP contribution in [0.5, 0.6) is 11.5 Å². The maximum absolute atomic E-state index is 11.5. The molecule has 33 heavy (non-hydrogen) atoms. The number of benzene rings is 3. The number of para-hydroxylation sites is 2. The van der Waals surface area contributed by atoms with E-state index in [0.717, 1.165) is 61.5 Å². The van der Waals surface area contributed by atoms with Crippen LogP contribution in [-0.4, -0.2) is 35.7 Å². The number of ether oxygens (including phenoxy) is 2. The molecular formula is C28H29NO4. The summed E-state index contributed by atoms with van der Waals surface area (Å²) in [7, 11) is 0. The van der Waals surface area contributed by atoms with Gasteiger partial charge in [0.2, 0.25) is 0 Å². The van der Waals surface area contributed by atoms with Crippen molar-refractivity contribution in [1.29, 1.82) is 0 Å². The van der Waals surface area contributed by atoms with E-state index in [2.05, 4.69) is 29.2 Å². The SMILES string of the molecule is O=C(O)c1ccccc1CC1CCN(Cc2ccc([C@H]3COc4ccccc4O3)cc2)CC1. The van der Waals surface area contributed by atoms with Crippen molar-refractivity contribution in [2.75, 3.05) is 19.7 Å². The molecule has 0 unspecified atom stereocenters. The average molecular weight is 444 g/mol. The Balaban J connectivity index is 1.13. The van der Waals surface area contributed by atoms with Crippen LogP contribution in [0.25, 0.3) is 0 Å². The topological polar surface area (TPSA) is 59.0 Å². The van der Waals surface area contributed by atoms with Gasteiger partial charge in [-0.25, -0.2) is 4.79 Å². The van der Waals surface area contributed by atoms with E-state index < -0.39 is 5.97 Å². The first-order valence-corrected chi connectivity index (χ1v) is 11.7. The van der Waals surface area contributed by atoms with Gasteiger partial charge in [0.1, 0.15) is 6.61 Å². The lowest BCUT2D eigenvalue weighted by atomic mass is 9.88. The molecule has 3 aromatic rings. The van der Waals surface area contributed by atoms with Crippen LogP contribution in [0.1, 0.15) is 46.0 Å². The van der Waals surface area contributed by atoms with Gasteiger partial charge in [0.05, 0.1) is 5.56 Å². The van der Waals surface area contributed by atoms with E-state index in [1.54, 1.807) is 12.1 Å². The summed E-state index contributed by atoms with van der Waals surface area (Å²) in [6.07, 6.45) is 2.95. The quantitative estimate of drug-likeness (QED) is 0.556. The smallest absolute Gasteiger partial charge is 0.335 e. The zero-order valence-corrected chi connectivity index (χ0v) is 18.7. The fourth-order valence-corrected chi connectivity index (χ4v) is 4.85. The molecule has 1 fully saturated rings. The van der Waals surface area contributed by atoms with Crippen molar-refractivity contribution in [1.82, 2.24) is 4.90 Å². The molecule has 1 N–H and O–H groups in total. The Morgan fingerprint density at radius 2 is 1.61 bits per heavy atom. The molecule has 170 valence electrons. The number of aromatic carboxylic acids is 1. The Kier molecular flexibility index (Phi) is 6.31. The van der Waals surface area contributed by atoms with Gasteiger partial charge in [-0.1, -0.05) is 54.6 Å². The molecule has 5 rings (SSSR count). The number of carbonyl (C=O) groups is 1. The van der Waals surface area contributed by atoms with Crippen LogP contribution in [0.3, 0.4) is 0 Å². The van der Waals surface area contributed by atoms with Crippen molar-refractivity contribution in [3.8, 4) is 11.5 Å². The molecular weight excluding hydrogens is 414 g/mol. The molecule has 2 aliphatic rings. The molecule has 5 nitrogen and oxygen atoms in total. The van der Waals surface area contributed by atoms with Gasteiger partial charge < -0.3 is 14.6 Å². The first kappa shape index (κ1) is 21.5. The number of rotatable bonds is 6. The van der Waals surface area contributed by atoms with Crippen molar-refractivity contribution in [2.45, 2.75) is 31.9 Å². The van der Waals surface area contributed by atoms with Crippen LogP contribution in [0.15, 0.2) is 72.8 Å². The molecule has 0 bridgehead atoms. The van der Waals surface area contributed by atoms with Gasteiger partial charge in [0, 0.05) is 6.54 Å². The molecule has 2 aliphatic heterocycles. The number of carboxylic acids is 1. The fourth-order valence-electron chi connectivity index (χ4n) is 4.85. The van der Waals surface area contributed by atoms with E-state index in [-0.39, 0.29) is 6.10 Å². The summed E-state index contributed by atoms with van der Waals surface area (Å²) in [4.78, 5) is 14.0. The van der Waals surface area contributed by atoms with Crippen molar-refractivity contribution >= 4 is 5.97 Å². The highest BCUT2D eigenvalue weighted by Gasteiger charge is 2.23. The molecule has 2 heterocycles. The minimum atomic E-state index is -0.833. The monoisotopic (exact) mass is 443 g/mol. The largest absolute Gasteiger partial charge is 0.485 e. The number of piperidine rings is 1. The lowest BCUT2D eigenvalue weighted by molar-refractivity contribution is 0.0695.